The topological polar surface area (TPSA) is 59.8 Å². The molecule has 0 unspecified atom stereocenters. The molecule has 8 heteroatoms. The lowest BCUT2D eigenvalue weighted by Gasteiger charge is -2.09. The molecule has 3 rings (SSSR count). The molecule has 0 bridgehead atoms. The van der Waals surface area contributed by atoms with Crippen molar-refractivity contribution in [2.75, 3.05) is 11.1 Å². The third kappa shape index (κ3) is 5.25. The van der Waals surface area contributed by atoms with Crippen molar-refractivity contribution >= 4 is 46.6 Å². The van der Waals surface area contributed by atoms with Gasteiger partial charge in [0.25, 0.3) is 0 Å². The van der Waals surface area contributed by atoms with Gasteiger partial charge >= 0.3 is 0 Å². The van der Waals surface area contributed by atoms with Crippen LogP contribution in [0.2, 0.25) is 10.0 Å². The van der Waals surface area contributed by atoms with Gasteiger partial charge in [0.2, 0.25) is 5.91 Å². The zero-order valence-electron chi connectivity index (χ0n) is 14.7. The maximum Gasteiger partial charge on any atom is 0.234 e. The van der Waals surface area contributed by atoms with E-state index in [-0.39, 0.29) is 11.7 Å². The number of amides is 1. The maximum absolute atomic E-state index is 12.3. The molecule has 0 saturated carbocycles. The van der Waals surface area contributed by atoms with Crippen molar-refractivity contribution in [2.24, 2.45) is 0 Å². The lowest BCUT2D eigenvalue weighted by molar-refractivity contribution is -0.113. The van der Waals surface area contributed by atoms with Gasteiger partial charge in [0.15, 0.2) is 5.16 Å². The Morgan fingerprint density at radius 1 is 1.15 bits per heavy atom. The van der Waals surface area contributed by atoms with Crippen LogP contribution in [0, 0.1) is 0 Å². The van der Waals surface area contributed by atoms with Crippen molar-refractivity contribution in [3.63, 3.8) is 0 Å². The third-order valence-corrected chi connectivity index (χ3v) is 5.38. The summed E-state index contributed by atoms with van der Waals surface area (Å²) in [4.78, 5) is 12.3. The number of halogens is 2. The first-order valence-electron chi connectivity index (χ1n) is 8.40. The number of carbonyl (C=O) groups excluding carboxylic acids is 1. The molecule has 0 radical (unpaired) electrons. The molecule has 2 aromatic carbocycles. The largest absolute Gasteiger partial charge is 0.324 e. The maximum atomic E-state index is 12.3. The Kier molecular flexibility index (Phi) is 6.77. The molecule has 1 heterocycles. The van der Waals surface area contributed by atoms with Crippen LogP contribution >= 0.6 is 35.0 Å². The first kappa shape index (κ1) is 19.7. The van der Waals surface area contributed by atoms with E-state index in [2.05, 4.69) is 27.6 Å². The number of benzene rings is 2. The average Bonchev–Trinajstić information content (AvgIpc) is 3.05. The highest BCUT2D eigenvalue weighted by Crippen LogP contribution is 2.26. The lowest BCUT2D eigenvalue weighted by Crippen LogP contribution is -2.15. The zero-order chi connectivity index (χ0) is 19.2. The minimum atomic E-state index is -0.181. The van der Waals surface area contributed by atoms with E-state index >= 15 is 0 Å². The first-order chi connectivity index (χ1) is 13.1. The highest BCUT2D eigenvalue weighted by atomic mass is 35.5. The Morgan fingerprint density at radius 2 is 1.93 bits per heavy atom. The van der Waals surface area contributed by atoms with E-state index in [4.69, 9.17) is 23.2 Å². The average molecular weight is 421 g/mol. The summed E-state index contributed by atoms with van der Waals surface area (Å²) in [5, 5.41) is 13.0. The van der Waals surface area contributed by atoms with E-state index in [0.29, 0.717) is 22.2 Å². The number of carbonyl (C=O) groups is 1. The fourth-order valence-corrected chi connectivity index (χ4v) is 3.72. The van der Waals surface area contributed by atoms with Gasteiger partial charge < -0.3 is 9.88 Å². The van der Waals surface area contributed by atoms with Gasteiger partial charge in [-0.1, -0.05) is 65.3 Å². The van der Waals surface area contributed by atoms with Gasteiger partial charge in [-0.05, 0) is 30.7 Å². The molecule has 0 aliphatic carbocycles. The van der Waals surface area contributed by atoms with Crippen molar-refractivity contribution in [3.8, 4) is 0 Å². The Labute approximate surface area is 172 Å². The number of hydrogen-bond acceptors (Lipinski definition) is 4. The van der Waals surface area contributed by atoms with Crippen LogP contribution in [0.4, 0.5) is 5.69 Å². The van der Waals surface area contributed by atoms with E-state index < -0.39 is 0 Å². The van der Waals surface area contributed by atoms with Crippen LogP contribution in [0.1, 0.15) is 18.3 Å². The van der Waals surface area contributed by atoms with E-state index in [0.717, 1.165) is 17.5 Å². The van der Waals surface area contributed by atoms with Crippen LogP contribution < -0.4 is 5.32 Å². The van der Waals surface area contributed by atoms with Crippen molar-refractivity contribution < 1.29 is 4.79 Å². The van der Waals surface area contributed by atoms with Crippen LogP contribution in [-0.2, 0) is 17.8 Å². The minimum Gasteiger partial charge on any atom is -0.324 e. The van der Waals surface area contributed by atoms with Crippen molar-refractivity contribution in [2.45, 2.75) is 25.0 Å². The lowest BCUT2D eigenvalue weighted by atomic mass is 10.1. The van der Waals surface area contributed by atoms with Crippen molar-refractivity contribution in [3.05, 3.63) is 70.0 Å². The molecule has 140 valence electrons. The molecule has 0 spiro atoms. The van der Waals surface area contributed by atoms with E-state index in [9.17, 15) is 4.79 Å². The van der Waals surface area contributed by atoms with Crippen LogP contribution in [0.5, 0.6) is 0 Å². The molecule has 27 heavy (non-hydrogen) atoms. The third-order valence-electron chi connectivity index (χ3n) is 3.85. The molecular weight excluding hydrogens is 403 g/mol. The highest BCUT2D eigenvalue weighted by molar-refractivity contribution is 7.99. The molecule has 0 atom stereocenters. The second-order valence-corrected chi connectivity index (χ2v) is 7.55. The Morgan fingerprint density at radius 3 is 2.67 bits per heavy atom. The van der Waals surface area contributed by atoms with Gasteiger partial charge in [0, 0.05) is 18.0 Å². The van der Waals surface area contributed by atoms with Gasteiger partial charge in [-0.2, -0.15) is 0 Å². The van der Waals surface area contributed by atoms with Gasteiger partial charge in [0.1, 0.15) is 5.82 Å². The molecule has 0 saturated heterocycles. The normalized spacial score (nSPS) is 10.8. The number of thioether (sulfide) groups is 1. The smallest absolute Gasteiger partial charge is 0.234 e. The molecule has 0 aliphatic rings. The summed E-state index contributed by atoms with van der Waals surface area (Å²) in [6, 6.07) is 15.1. The molecule has 0 aliphatic heterocycles. The molecule has 5 nitrogen and oxygen atoms in total. The first-order valence-corrected chi connectivity index (χ1v) is 10.1. The molecule has 1 aromatic heterocycles. The fraction of sp³-hybridized carbons (Fsp3) is 0.211. The molecule has 1 N–H and O–H groups in total. The minimum absolute atomic E-state index is 0.181. The van der Waals surface area contributed by atoms with Gasteiger partial charge in [-0.15, -0.1) is 10.2 Å². The standard InChI is InChI=1S/C19H18Cl2N4OS/c1-2-25-17(10-13-6-4-3-5-7-13)23-24-19(25)27-12-18(26)22-16-11-14(20)8-9-15(16)21/h3-9,11H,2,10,12H2,1H3,(H,22,26). The number of nitrogens with one attached hydrogen (secondary N) is 1. The predicted octanol–water partition coefficient (Wildman–Crippen LogP) is 4.93. The summed E-state index contributed by atoms with van der Waals surface area (Å²) in [5.41, 5.74) is 1.67. The summed E-state index contributed by atoms with van der Waals surface area (Å²) in [5.74, 6) is 0.899. The zero-order valence-corrected chi connectivity index (χ0v) is 17.0. The number of hydrogen-bond donors (Lipinski definition) is 1. The van der Waals surface area contributed by atoms with Crippen molar-refractivity contribution in [1.29, 1.82) is 0 Å². The number of aromatic nitrogens is 3. The monoisotopic (exact) mass is 420 g/mol. The fourth-order valence-electron chi connectivity index (χ4n) is 2.56. The highest BCUT2D eigenvalue weighted by Gasteiger charge is 2.14. The van der Waals surface area contributed by atoms with Crippen LogP contribution in [0.15, 0.2) is 53.7 Å². The van der Waals surface area contributed by atoms with E-state index in [1.54, 1.807) is 18.2 Å². The molecule has 3 aromatic rings. The molecule has 1 amide bonds. The second kappa shape index (κ2) is 9.26. The summed E-state index contributed by atoms with van der Waals surface area (Å²) < 4.78 is 2.03. The molecule has 0 fully saturated rings. The number of rotatable bonds is 7. The van der Waals surface area contributed by atoms with Gasteiger partial charge in [-0.3, -0.25) is 4.79 Å². The van der Waals surface area contributed by atoms with Crippen LogP contribution in [0.3, 0.4) is 0 Å². The summed E-state index contributed by atoms with van der Waals surface area (Å²) >= 11 is 13.4. The number of nitrogens with zero attached hydrogens (tertiary/aromatic N) is 3. The summed E-state index contributed by atoms with van der Waals surface area (Å²) in [6.45, 7) is 2.77. The van der Waals surface area contributed by atoms with Gasteiger partial charge in [-0.25, -0.2) is 0 Å². The van der Waals surface area contributed by atoms with E-state index in [1.165, 1.54) is 17.3 Å². The van der Waals surface area contributed by atoms with Crippen molar-refractivity contribution in [1.82, 2.24) is 14.8 Å². The predicted molar refractivity (Wildman–Crippen MR) is 111 cm³/mol. The summed E-state index contributed by atoms with van der Waals surface area (Å²) in [6.07, 6.45) is 0.701. The summed E-state index contributed by atoms with van der Waals surface area (Å²) in [7, 11) is 0. The SMILES string of the molecule is CCn1c(Cc2ccccc2)nnc1SCC(=O)Nc1cc(Cl)ccc1Cl. The quantitative estimate of drug-likeness (QED) is 0.550. The van der Waals surface area contributed by atoms with Gasteiger partial charge in [0.05, 0.1) is 16.5 Å². The van der Waals surface area contributed by atoms with Crippen LogP contribution in [0.25, 0.3) is 0 Å². The van der Waals surface area contributed by atoms with E-state index in [1.807, 2.05) is 29.7 Å². The van der Waals surface area contributed by atoms with Crippen LogP contribution in [-0.4, -0.2) is 26.4 Å². The Bertz CT molecular complexity index is 931. The Balaban J connectivity index is 1.64. The number of anilines is 1. The Hall–Kier alpha value is -2.02. The second-order valence-electron chi connectivity index (χ2n) is 5.77. The molecular formula is C19H18Cl2N4OS.